The first-order valence-corrected chi connectivity index (χ1v) is 18.2. The third kappa shape index (κ3) is 6.92. The fourth-order valence-electron chi connectivity index (χ4n) is 1.66. The van der Waals surface area contributed by atoms with Crippen LogP contribution in [-0.4, -0.2) is 30.3 Å². The highest BCUT2D eigenvalue weighted by Gasteiger charge is 2.31. The fraction of sp³-hybridized carbons (Fsp3) is 0.562. The largest absolute Gasteiger partial charge is 0.542 e. The molecular formula is C16H30O4Si3. The topological polar surface area (TPSA) is 44.8 Å². The quantitative estimate of drug-likeness (QED) is 0.617. The van der Waals surface area contributed by atoms with Gasteiger partial charge in [-0.2, -0.15) is 0 Å². The van der Waals surface area contributed by atoms with Crippen LogP contribution in [0.5, 0.6) is 17.2 Å². The highest BCUT2D eigenvalue weighted by Crippen LogP contribution is 2.40. The summed E-state index contributed by atoms with van der Waals surface area (Å²) in [6, 6.07) is 5.58. The van der Waals surface area contributed by atoms with Crippen molar-refractivity contribution in [3.63, 3.8) is 0 Å². The Morgan fingerprint density at radius 2 is 1.17 bits per heavy atom. The summed E-state index contributed by atoms with van der Waals surface area (Å²) in [7, 11) is -5.72. The summed E-state index contributed by atoms with van der Waals surface area (Å²) >= 11 is 0. The molecule has 0 bridgehead atoms. The standard InChI is InChI=1S/C16H30O4Si3/c1-21(2,3)16(17)18-15-13(19-22(4,5)6)11-10-12-14(15)20-23(7,8)9/h10-12H,1-9H3. The third-order valence-corrected chi connectivity index (χ3v) is 5.57. The van der Waals surface area contributed by atoms with Crippen molar-refractivity contribution in [3.8, 4) is 17.2 Å². The van der Waals surface area contributed by atoms with E-state index in [0.717, 1.165) is 0 Å². The number of ether oxygens (including phenoxy) is 1. The Hall–Kier alpha value is -1.06. The minimum Gasteiger partial charge on any atom is -0.542 e. The van der Waals surface area contributed by atoms with Gasteiger partial charge in [-0.15, -0.1) is 0 Å². The van der Waals surface area contributed by atoms with Gasteiger partial charge in [0.2, 0.25) is 22.4 Å². The van der Waals surface area contributed by atoms with E-state index in [2.05, 4.69) is 39.3 Å². The molecule has 0 aromatic heterocycles. The molecule has 0 saturated carbocycles. The van der Waals surface area contributed by atoms with Crippen LogP contribution in [0.25, 0.3) is 0 Å². The van der Waals surface area contributed by atoms with Crippen molar-refractivity contribution in [2.75, 3.05) is 0 Å². The molecule has 7 heteroatoms. The molecule has 0 aliphatic heterocycles. The van der Waals surface area contributed by atoms with E-state index in [-0.39, 0.29) is 5.59 Å². The Labute approximate surface area is 143 Å². The molecule has 0 N–H and O–H groups in total. The second kappa shape index (κ2) is 6.82. The van der Waals surface area contributed by atoms with Crippen LogP contribution >= 0.6 is 0 Å². The summed E-state index contributed by atoms with van der Waals surface area (Å²) < 4.78 is 18.0. The zero-order chi connectivity index (χ0) is 18.1. The van der Waals surface area contributed by atoms with E-state index in [4.69, 9.17) is 13.6 Å². The van der Waals surface area contributed by atoms with Gasteiger partial charge in [0.15, 0.2) is 19.6 Å². The first-order chi connectivity index (χ1) is 10.2. The van der Waals surface area contributed by atoms with Crippen LogP contribution in [0.4, 0.5) is 4.79 Å². The highest BCUT2D eigenvalue weighted by molar-refractivity contribution is 7.02. The molecule has 0 fully saturated rings. The van der Waals surface area contributed by atoms with Crippen LogP contribution in [0.2, 0.25) is 58.9 Å². The minimum absolute atomic E-state index is 0.162. The average Bonchev–Trinajstić information content (AvgIpc) is 2.27. The average molecular weight is 371 g/mol. The van der Waals surface area contributed by atoms with Gasteiger partial charge >= 0.3 is 0 Å². The van der Waals surface area contributed by atoms with E-state index in [1.165, 1.54) is 0 Å². The summed E-state index contributed by atoms with van der Waals surface area (Å²) in [5.41, 5.74) is -0.162. The van der Waals surface area contributed by atoms with Crippen molar-refractivity contribution in [3.05, 3.63) is 18.2 Å². The molecule has 23 heavy (non-hydrogen) atoms. The van der Waals surface area contributed by atoms with Crippen LogP contribution in [-0.2, 0) is 0 Å². The van der Waals surface area contributed by atoms with Gasteiger partial charge in [0.05, 0.1) is 0 Å². The summed E-state index contributed by atoms with van der Waals surface area (Å²) in [4.78, 5) is 12.4. The Morgan fingerprint density at radius 1 is 0.783 bits per heavy atom. The second-order valence-corrected chi connectivity index (χ2v) is 22.4. The van der Waals surface area contributed by atoms with Crippen LogP contribution < -0.4 is 13.6 Å². The first-order valence-electron chi connectivity index (χ1n) is 7.92. The van der Waals surface area contributed by atoms with Crippen LogP contribution in [0.1, 0.15) is 0 Å². The molecule has 130 valence electrons. The van der Waals surface area contributed by atoms with Crippen molar-refractivity contribution in [2.45, 2.75) is 58.9 Å². The maximum Gasteiger partial charge on any atom is 0.276 e. The normalized spacial score (nSPS) is 12.7. The molecular weight excluding hydrogens is 340 g/mol. The lowest BCUT2D eigenvalue weighted by Gasteiger charge is -2.26. The number of hydrogen-bond acceptors (Lipinski definition) is 4. The zero-order valence-electron chi connectivity index (χ0n) is 15.9. The van der Waals surface area contributed by atoms with Crippen molar-refractivity contribution >= 4 is 30.3 Å². The Balaban J connectivity index is 3.31. The third-order valence-electron chi connectivity index (χ3n) is 2.58. The van der Waals surface area contributed by atoms with Gasteiger partial charge in [0, 0.05) is 0 Å². The predicted octanol–water partition coefficient (Wildman–Crippen LogP) is 5.53. The maximum atomic E-state index is 12.4. The summed E-state index contributed by atoms with van der Waals surface area (Å²) in [6.07, 6.45) is 0. The molecule has 0 aliphatic carbocycles. The maximum absolute atomic E-state index is 12.4. The fourth-order valence-corrected chi connectivity index (χ4v) is 3.71. The smallest absolute Gasteiger partial charge is 0.276 e. The number of benzene rings is 1. The molecule has 1 aromatic carbocycles. The second-order valence-electron chi connectivity index (χ2n) is 8.65. The lowest BCUT2D eigenvalue weighted by atomic mass is 10.3. The molecule has 0 radical (unpaired) electrons. The van der Waals surface area contributed by atoms with E-state index >= 15 is 0 Å². The molecule has 0 amide bonds. The van der Waals surface area contributed by atoms with E-state index in [9.17, 15) is 4.79 Å². The number of hydrogen-bond donors (Lipinski definition) is 0. The molecule has 0 aliphatic rings. The monoisotopic (exact) mass is 370 g/mol. The SMILES string of the molecule is C[Si](C)(C)Oc1cccc(O[Si](C)(C)C)c1OC(=O)[Si](C)(C)C. The Kier molecular flexibility index (Phi) is 5.93. The van der Waals surface area contributed by atoms with E-state index in [1.807, 2.05) is 37.8 Å². The zero-order valence-corrected chi connectivity index (χ0v) is 18.9. The van der Waals surface area contributed by atoms with Crippen LogP contribution in [0, 0.1) is 0 Å². The molecule has 0 atom stereocenters. The summed E-state index contributed by atoms with van der Waals surface area (Å²) in [5, 5.41) is 0. The van der Waals surface area contributed by atoms with Crippen molar-refractivity contribution < 1.29 is 18.4 Å². The van der Waals surface area contributed by atoms with Crippen LogP contribution in [0.3, 0.4) is 0 Å². The van der Waals surface area contributed by atoms with Gasteiger partial charge in [-0.1, -0.05) is 25.7 Å². The summed E-state index contributed by atoms with van der Waals surface area (Å²) in [5.74, 6) is 1.64. The highest BCUT2D eigenvalue weighted by atomic mass is 28.4. The molecule has 0 unspecified atom stereocenters. The minimum atomic E-state index is -2.06. The number of rotatable bonds is 6. The lowest BCUT2D eigenvalue weighted by Crippen LogP contribution is -2.37. The Morgan fingerprint density at radius 3 is 1.48 bits per heavy atom. The van der Waals surface area contributed by atoms with E-state index < -0.39 is 24.7 Å². The number of para-hydroxylation sites is 1. The van der Waals surface area contributed by atoms with Crippen molar-refractivity contribution in [2.24, 2.45) is 0 Å². The van der Waals surface area contributed by atoms with Gasteiger partial charge < -0.3 is 13.6 Å². The number of carbonyl (C=O) groups is 1. The molecule has 1 aromatic rings. The molecule has 0 saturated heterocycles. The summed E-state index contributed by atoms with van der Waals surface area (Å²) in [6.45, 7) is 18.5. The van der Waals surface area contributed by atoms with Crippen molar-refractivity contribution in [1.82, 2.24) is 0 Å². The van der Waals surface area contributed by atoms with Crippen molar-refractivity contribution in [1.29, 1.82) is 0 Å². The van der Waals surface area contributed by atoms with Gasteiger partial charge in [-0.25, -0.2) is 0 Å². The number of carbonyl (C=O) groups excluding carboxylic acids is 1. The van der Waals surface area contributed by atoms with E-state index in [1.54, 1.807) is 0 Å². The first kappa shape index (κ1) is 20.0. The molecule has 0 heterocycles. The Bertz CT molecular complexity index is 532. The predicted molar refractivity (Wildman–Crippen MR) is 104 cm³/mol. The molecule has 0 spiro atoms. The van der Waals surface area contributed by atoms with E-state index in [0.29, 0.717) is 17.2 Å². The van der Waals surface area contributed by atoms with Gasteiger partial charge in [0.25, 0.3) is 5.59 Å². The molecule has 1 rings (SSSR count). The van der Waals surface area contributed by atoms with Gasteiger partial charge in [0.1, 0.15) is 0 Å². The van der Waals surface area contributed by atoms with Gasteiger partial charge in [-0.05, 0) is 51.4 Å². The van der Waals surface area contributed by atoms with Crippen LogP contribution in [0.15, 0.2) is 18.2 Å². The molecule has 4 nitrogen and oxygen atoms in total. The van der Waals surface area contributed by atoms with Gasteiger partial charge in [-0.3, -0.25) is 4.79 Å². The lowest BCUT2D eigenvalue weighted by molar-refractivity contribution is 0.220.